The Kier molecular flexibility index (Phi) is 7.79. The molecule has 7 nitrogen and oxygen atoms in total. The molecular weight excluding hydrogens is 454 g/mol. The molecule has 1 saturated heterocycles. The van der Waals surface area contributed by atoms with Crippen molar-refractivity contribution < 1.29 is 19.4 Å². The molecule has 2 heterocycles. The topological polar surface area (TPSA) is 83.0 Å². The molecule has 0 bridgehead atoms. The van der Waals surface area contributed by atoms with Crippen molar-refractivity contribution in [1.82, 2.24) is 14.8 Å². The molecule has 192 valence electrons. The summed E-state index contributed by atoms with van der Waals surface area (Å²) < 4.78 is 5.85. The Balaban J connectivity index is 1.41. The summed E-state index contributed by atoms with van der Waals surface area (Å²) in [5, 5.41) is 9.07. The van der Waals surface area contributed by atoms with Gasteiger partial charge in [0, 0.05) is 43.8 Å². The van der Waals surface area contributed by atoms with Crippen LogP contribution in [0.5, 0.6) is 0 Å². The monoisotopic (exact) mass is 491 g/mol. The number of rotatable bonds is 7. The fraction of sp³-hybridized carbons (Fsp3) is 0.483. The van der Waals surface area contributed by atoms with Crippen LogP contribution in [0.25, 0.3) is 6.08 Å². The Labute approximate surface area is 213 Å². The third-order valence-electron chi connectivity index (χ3n) is 6.90. The normalized spacial score (nSPS) is 21.2. The van der Waals surface area contributed by atoms with Gasteiger partial charge in [-0.2, -0.15) is 0 Å². The van der Waals surface area contributed by atoms with E-state index < -0.39 is 11.6 Å². The quantitative estimate of drug-likeness (QED) is 0.553. The van der Waals surface area contributed by atoms with Gasteiger partial charge < -0.3 is 14.7 Å². The van der Waals surface area contributed by atoms with Crippen molar-refractivity contribution in [3.8, 4) is 0 Å². The van der Waals surface area contributed by atoms with Crippen LogP contribution in [0.15, 0.2) is 54.2 Å². The number of hydrogen-bond acceptors (Lipinski definition) is 5. The van der Waals surface area contributed by atoms with E-state index in [-0.39, 0.29) is 23.7 Å². The summed E-state index contributed by atoms with van der Waals surface area (Å²) in [6, 6.07) is 14.0. The lowest BCUT2D eigenvalue weighted by Gasteiger charge is -2.39. The van der Waals surface area contributed by atoms with Gasteiger partial charge in [0.25, 0.3) is 0 Å². The lowest BCUT2D eigenvalue weighted by molar-refractivity contribution is 0.00437. The Morgan fingerprint density at radius 3 is 2.42 bits per heavy atom. The summed E-state index contributed by atoms with van der Waals surface area (Å²) in [4.78, 5) is 33.0. The number of amides is 1. The zero-order valence-electron chi connectivity index (χ0n) is 21.7. The highest BCUT2D eigenvalue weighted by atomic mass is 16.6. The SMILES string of the molecule is CC(=Cc1ccccc1)C1CC1N(C(=O)OC(C)(C)C)C1CCN(Cc2ccc(C(=O)O)cn2)CC1. The van der Waals surface area contributed by atoms with Gasteiger partial charge in [0.05, 0.1) is 11.3 Å². The molecule has 2 unspecified atom stereocenters. The Bertz CT molecular complexity index is 1080. The Morgan fingerprint density at radius 2 is 1.83 bits per heavy atom. The van der Waals surface area contributed by atoms with E-state index in [4.69, 9.17) is 9.84 Å². The van der Waals surface area contributed by atoms with Crippen LogP contribution >= 0.6 is 0 Å². The van der Waals surface area contributed by atoms with Gasteiger partial charge in [-0.05, 0) is 64.7 Å². The molecule has 1 amide bonds. The largest absolute Gasteiger partial charge is 0.478 e. The average Bonchev–Trinajstić information content (AvgIpc) is 3.61. The molecule has 36 heavy (non-hydrogen) atoms. The molecule has 2 aliphatic rings. The average molecular weight is 492 g/mol. The summed E-state index contributed by atoms with van der Waals surface area (Å²) in [5.41, 5.74) is 2.99. The molecule has 1 N–H and O–H groups in total. The molecule has 1 aliphatic carbocycles. The zero-order chi connectivity index (χ0) is 25.9. The van der Waals surface area contributed by atoms with Crippen LogP contribution in [0.1, 0.15) is 68.6 Å². The van der Waals surface area contributed by atoms with Gasteiger partial charge in [0.15, 0.2) is 0 Å². The van der Waals surface area contributed by atoms with Gasteiger partial charge in [0.1, 0.15) is 5.60 Å². The third-order valence-corrected chi connectivity index (χ3v) is 6.90. The second-order valence-corrected chi connectivity index (χ2v) is 10.9. The van der Waals surface area contributed by atoms with Crippen LogP contribution in [-0.4, -0.2) is 62.7 Å². The summed E-state index contributed by atoms with van der Waals surface area (Å²) in [6.07, 6.45) is 6.13. The first-order valence-electron chi connectivity index (χ1n) is 12.8. The molecule has 2 aromatic rings. The first-order valence-corrected chi connectivity index (χ1v) is 12.8. The summed E-state index contributed by atoms with van der Waals surface area (Å²) in [7, 11) is 0. The van der Waals surface area contributed by atoms with Crippen molar-refractivity contribution in [2.45, 2.75) is 71.2 Å². The number of aromatic carboxylic acids is 1. The zero-order valence-corrected chi connectivity index (χ0v) is 21.7. The van der Waals surface area contributed by atoms with Crippen LogP contribution in [0, 0.1) is 5.92 Å². The van der Waals surface area contributed by atoms with Crippen LogP contribution < -0.4 is 0 Å². The number of likely N-dealkylation sites (tertiary alicyclic amines) is 1. The number of pyridine rings is 1. The van der Waals surface area contributed by atoms with Crippen molar-refractivity contribution in [2.24, 2.45) is 5.92 Å². The molecule has 2 fully saturated rings. The molecule has 0 spiro atoms. The van der Waals surface area contributed by atoms with Crippen molar-refractivity contribution >= 4 is 18.1 Å². The lowest BCUT2D eigenvalue weighted by atomic mass is 10.0. The van der Waals surface area contributed by atoms with Gasteiger partial charge in [-0.15, -0.1) is 0 Å². The van der Waals surface area contributed by atoms with Gasteiger partial charge in [-0.1, -0.05) is 42.0 Å². The highest BCUT2D eigenvalue weighted by molar-refractivity contribution is 5.87. The van der Waals surface area contributed by atoms with Gasteiger partial charge in [-0.3, -0.25) is 9.88 Å². The molecule has 1 saturated carbocycles. The number of benzene rings is 1. The number of nitrogens with zero attached hydrogens (tertiary/aromatic N) is 3. The Morgan fingerprint density at radius 1 is 1.14 bits per heavy atom. The molecule has 1 aliphatic heterocycles. The first-order chi connectivity index (χ1) is 17.1. The number of carboxylic acid groups (broad SMARTS) is 1. The van der Waals surface area contributed by atoms with Crippen LogP contribution in [0.3, 0.4) is 0 Å². The predicted octanol–water partition coefficient (Wildman–Crippen LogP) is 5.47. The van der Waals surface area contributed by atoms with Crippen molar-refractivity contribution in [1.29, 1.82) is 0 Å². The van der Waals surface area contributed by atoms with Gasteiger partial charge in [-0.25, -0.2) is 9.59 Å². The maximum Gasteiger partial charge on any atom is 0.410 e. The van der Waals surface area contributed by atoms with E-state index in [1.807, 2.05) is 43.9 Å². The van der Waals surface area contributed by atoms with Crippen molar-refractivity contribution in [2.75, 3.05) is 13.1 Å². The minimum atomic E-state index is -0.968. The smallest absolute Gasteiger partial charge is 0.410 e. The number of piperidine rings is 1. The number of carboxylic acids is 1. The van der Waals surface area contributed by atoms with Crippen LogP contribution in [0.4, 0.5) is 4.79 Å². The fourth-order valence-corrected chi connectivity index (χ4v) is 5.00. The number of hydrogen-bond donors (Lipinski definition) is 1. The molecule has 7 heteroatoms. The van der Waals surface area contributed by atoms with Crippen LogP contribution in [0.2, 0.25) is 0 Å². The number of carbonyl (C=O) groups is 2. The predicted molar refractivity (Wildman–Crippen MR) is 140 cm³/mol. The van der Waals surface area contributed by atoms with E-state index in [9.17, 15) is 9.59 Å². The van der Waals surface area contributed by atoms with Crippen molar-refractivity contribution in [3.63, 3.8) is 0 Å². The lowest BCUT2D eigenvalue weighted by Crippen LogP contribution is -2.50. The van der Waals surface area contributed by atoms with E-state index in [1.165, 1.54) is 17.3 Å². The molecule has 1 aromatic heterocycles. The highest BCUT2D eigenvalue weighted by Crippen LogP contribution is 2.44. The molecular formula is C29H37N3O4. The van der Waals surface area contributed by atoms with Gasteiger partial charge in [0.2, 0.25) is 0 Å². The van der Waals surface area contributed by atoms with Crippen molar-refractivity contribution in [3.05, 3.63) is 71.1 Å². The molecule has 1 aromatic carbocycles. The summed E-state index contributed by atoms with van der Waals surface area (Å²) >= 11 is 0. The minimum absolute atomic E-state index is 0.137. The van der Waals surface area contributed by atoms with E-state index in [0.717, 1.165) is 38.0 Å². The standard InChI is InChI=1S/C29H37N3O4/c1-20(16-21-8-6-5-7-9-21)25-17-26(25)32(28(35)36-29(2,3)4)24-12-14-31(15-13-24)19-23-11-10-22(18-30-23)27(33)34/h5-11,16,18,24-26H,12-15,17,19H2,1-4H3,(H,33,34). The van der Waals surface area contributed by atoms with E-state index in [2.05, 4.69) is 35.0 Å². The number of ether oxygens (including phenoxy) is 1. The first kappa shape index (κ1) is 25.9. The number of carbonyl (C=O) groups excluding carboxylic acids is 1. The molecule has 4 rings (SSSR count). The Hall–Kier alpha value is -3.19. The minimum Gasteiger partial charge on any atom is -0.478 e. The van der Waals surface area contributed by atoms with Gasteiger partial charge >= 0.3 is 12.1 Å². The summed E-state index contributed by atoms with van der Waals surface area (Å²) in [6.45, 7) is 10.3. The summed E-state index contributed by atoms with van der Waals surface area (Å²) in [5.74, 6) is -0.614. The fourth-order valence-electron chi connectivity index (χ4n) is 5.00. The van der Waals surface area contributed by atoms with E-state index >= 15 is 0 Å². The molecule has 0 radical (unpaired) electrons. The maximum absolute atomic E-state index is 13.3. The molecule has 2 atom stereocenters. The number of aromatic nitrogens is 1. The van der Waals surface area contributed by atoms with E-state index in [1.54, 1.807) is 12.1 Å². The highest BCUT2D eigenvalue weighted by Gasteiger charge is 2.48. The van der Waals surface area contributed by atoms with Crippen LogP contribution in [-0.2, 0) is 11.3 Å². The van der Waals surface area contributed by atoms with E-state index in [0.29, 0.717) is 12.5 Å². The third kappa shape index (κ3) is 6.72. The second-order valence-electron chi connectivity index (χ2n) is 10.9. The second kappa shape index (κ2) is 10.8. The maximum atomic E-state index is 13.3.